The van der Waals surface area contributed by atoms with Gasteiger partial charge in [-0.05, 0) is 50.3 Å². The van der Waals surface area contributed by atoms with E-state index in [4.69, 9.17) is 9.47 Å². The highest BCUT2D eigenvalue weighted by molar-refractivity contribution is 5.96. The van der Waals surface area contributed by atoms with E-state index in [0.29, 0.717) is 47.3 Å². The molecule has 0 radical (unpaired) electrons. The predicted octanol–water partition coefficient (Wildman–Crippen LogP) is 3.04. The molecule has 3 N–H and O–H groups in total. The van der Waals surface area contributed by atoms with Crippen LogP contribution in [-0.4, -0.2) is 77.8 Å². The van der Waals surface area contributed by atoms with Gasteiger partial charge in [-0.2, -0.15) is 0 Å². The number of methoxy groups -OCH3 is 1. The summed E-state index contributed by atoms with van der Waals surface area (Å²) in [5, 5.41) is 23.8. The maximum absolute atomic E-state index is 13.7. The van der Waals surface area contributed by atoms with E-state index in [1.165, 1.54) is 7.11 Å². The summed E-state index contributed by atoms with van der Waals surface area (Å²) in [5.74, 6) is -0.417. The summed E-state index contributed by atoms with van der Waals surface area (Å²) in [7, 11) is 1.47. The minimum absolute atomic E-state index is 0.0418. The van der Waals surface area contributed by atoms with Crippen molar-refractivity contribution in [2.45, 2.75) is 88.0 Å². The van der Waals surface area contributed by atoms with Gasteiger partial charge in [0.05, 0.1) is 25.7 Å². The van der Waals surface area contributed by atoms with Crippen LogP contribution in [-0.2, 0) is 9.59 Å². The molecule has 1 saturated carbocycles. The molecule has 0 unspecified atom stereocenters. The Bertz CT molecular complexity index is 1100. The van der Waals surface area contributed by atoms with Crippen molar-refractivity contribution >= 4 is 18.1 Å². The van der Waals surface area contributed by atoms with E-state index in [1.807, 2.05) is 6.08 Å². The summed E-state index contributed by atoms with van der Waals surface area (Å²) in [6.07, 6.45) is 9.81. The lowest BCUT2D eigenvalue weighted by Gasteiger charge is -2.45. The second-order valence-electron chi connectivity index (χ2n) is 10.5. The fourth-order valence-corrected chi connectivity index (χ4v) is 6.20. The molecule has 0 spiro atoms. The quantitative estimate of drug-likeness (QED) is 0.211. The number of aliphatic hydroxyl groups excluding tert-OH is 2. The van der Waals surface area contributed by atoms with Gasteiger partial charge in [0.1, 0.15) is 18.5 Å². The predicted molar refractivity (Wildman–Crippen MR) is 146 cm³/mol. The van der Waals surface area contributed by atoms with Crippen LogP contribution in [0.1, 0.15) is 79.6 Å². The monoisotopic (exact) mass is 540 g/mol. The molecule has 2 aliphatic carbocycles. The van der Waals surface area contributed by atoms with Gasteiger partial charge in [0.2, 0.25) is 11.8 Å². The van der Waals surface area contributed by atoms with Gasteiger partial charge in [-0.3, -0.25) is 14.4 Å². The molecule has 1 fully saturated rings. The minimum atomic E-state index is -1.11. The highest BCUT2D eigenvalue weighted by Gasteiger charge is 2.52. The number of nitrogens with zero attached hydrogens (tertiary/aromatic N) is 1. The van der Waals surface area contributed by atoms with Crippen molar-refractivity contribution in [1.29, 1.82) is 0 Å². The smallest absolute Gasteiger partial charge is 0.247 e. The topological polar surface area (TPSA) is 125 Å². The third-order valence-electron chi connectivity index (χ3n) is 8.04. The minimum Gasteiger partial charge on any atom is -0.493 e. The van der Waals surface area contributed by atoms with Crippen molar-refractivity contribution in [3.63, 3.8) is 0 Å². The third kappa shape index (κ3) is 6.04. The van der Waals surface area contributed by atoms with E-state index >= 15 is 0 Å². The summed E-state index contributed by atoms with van der Waals surface area (Å²) < 4.78 is 11.8. The Morgan fingerprint density at radius 1 is 1.23 bits per heavy atom. The average Bonchev–Trinajstić information content (AvgIpc) is 3.35. The van der Waals surface area contributed by atoms with Crippen LogP contribution in [0.15, 0.2) is 36.4 Å². The van der Waals surface area contributed by atoms with Crippen LogP contribution >= 0.6 is 0 Å². The maximum atomic E-state index is 13.7. The zero-order valence-electron chi connectivity index (χ0n) is 22.6. The number of hydrogen-bond acceptors (Lipinski definition) is 7. The van der Waals surface area contributed by atoms with Crippen molar-refractivity contribution in [2.24, 2.45) is 0 Å². The van der Waals surface area contributed by atoms with Gasteiger partial charge in [-0.15, -0.1) is 6.58 Å². The van der Waals surface area contributed by atoms with Crippen molar-refractivity contribution in [3.05, 3.63) is 47.6 Å². The van der Waals surface area contributed by atoms with Crippen LogP contribution in [0.4, 0.5) is 0 Å². The molecule has 0 aromatic heterocycles. The molecule has 4 rings (SSSR count). The molecule has 9 heteroatoms. The molecule has 3 aliphatic rings. The number of fused-ring (bicyclic) bond motifs is 3. The molecular formula is C30H40N2O7. The zero-order valence-corrected chi connectivity index (χ0v) is 22.6. The van der Waals surface area contributed by atoms with Gasteiger partial charge >= 0.3 is 0 Å². The van der Waals surface area contributed by atoms with E-state index in [1.54, 1.807) is 23.1 Å². The first-order valence-corrected chi connectivity index (χ1v) is 14.0. The molecule has 4 atom stereocenters. The molecule has 1 aromatic carbocycles. The number of carbonyl (C=O) groups is 3. The summed E-state index contributed by atoms with van der Waals surface area (Å²) in [4.78, 5) is 40.6. The number of aliphatic hydroxyl groups is 2. The van der Waals surface area contributed by atoms with Crippen LogP contribution in [0.5, 0.6) is 11.5 Å². The van der Waals surface area contributed by atoms with Gasteiger partial charge in [0.15, 0.2) is 11.5 Å². The van der Waals surface area contributed by atoms with Gasteiger partial charge in [-0.1, -0.05) is 25.3 Å². The lowest BCUT2D eigenvalue weighted by Crippen LogP contribution is -2.58. The summed E-state index contributed by atoms with van der Waals surface area (Å²) >= 11 is 0. The fourth-order valence-electron chi connectivity index (χ4n) is 6.20. The molecule has 212 valence electrons. The summed E-state index contributed by atoms with van der Waals surface area (Å²) in [5.41, 5.74) is 1.28. The van der Waals surface area contributed by atoms with Gasteiger partial charge in [-0.25, -0.2) is 0 Å². The first-order chi connectivity index (χ1) is 18.9. The molecule has 1 aliphatic heterocycles. The number of unbranched alkanes of at least 4 members (excludes halogenated alkanes) is 2. The summed E-state index contributed by atoms with van der Waals surface area (Å²) in [6, 6.07) is 2.41. The largest absolute Gasteiger partial charge is 0.493 e. The number of aldehydes is 1. The van der Waals surface area contributed by atoms with E-state index in [-0.39, 0.29) is 25.1 Å². The lowest BCUT2D eigenvalue weighted by atomic mass is 9.76. The van der Waals surface area contributed by atoms with E-state index in [9.17, 15) is 24.6 Å². The Morgan fingerprint density at radius 3 is 2.67 bits per heavy atom. The second-order valence-corrected chi connectivity index (χ2v) is 10.5. The van der Waals surface area contributed by atoms with Gasteiger partial charge in [0.25, 0.3) is 0 Å². The van der Waals surface area contributed by atoms with E-state index in [0.717, 1.165) is 44.9 Å². The molecule has 0 bridgehead atoms. The lowest BCUT2D eigenvalue weighted by molar-refractivity contribution is -0.141. The van der Waals surface area contributed by atoms with E-state index in [2.05, 4.69) is 11.9 Å². The third-order valence-corrected chi connectivity index (χ3v) is 8.04. The number of rotatable bonds is 12. The standard InChI is InChI=1S/C30H40N2O7/c1-3-4-5-9-12-25(35)32(20-10-7-6-8-11-20)23-17-22(30(37)31-13-14-33)26-21-15-19(18-34)16-24(38-2)28(21)39-29(26)27(23)36/h3,15-18,20,23,26-27,29,33,36H,1,4-14H2,2H3,(H,31,37)/t23-,26+,27+,29+/m1/s1. The first-order valence-electron chi connectivity index (χ1n) is 14.0. The SMILES string of the molecule is C=CCCCCC(=O)N(C1CCCCC1)[C@@H]1C=C(C(=O)NCCO)[C@@H]2c3cc(C=O)cc(OC)c3O[C@@H]2[C@H]1O. The van der Waals surface area contributed by atoms with Crippen LogP contribution < -0.4 is 14.8 Å². The fraction of sp³-hybridized carbons (Fsp3) is 0.567. The number of benzene rings is 1. The van der Waals surface area contributed by atoms with E-state index < -0.39 is 30.1 Å². The van der Waals surface area contributed by atoms with Gasteiger partial charge < -0.3 is 29.9 Å². The molecule has 1 aromatic rings. The Balaban J connectivity index is 1.76. The number of amides is 2. The molecule has 0 saturated heterocycles. The number of allylic oxidation sites excluding steroid dienone is 1. The average molecular weight is 541 g/mol. The van der Waals surface area contributed by atoms with Crippen molar-refractivity contribution in [3.8, 4) is 11.5 Å². The maximum Gasteiger partial charge on any atom is 0.247 e. The highest BCUT2D eigenvalue weighted by atomic mass is 16.5. The number of hydrogen-bond donors (Lipinski definition) is 3. The molecule has 9 nitrogen and oxygen atoms in total. The van der Waals surface area contributed by atoms with Crippen LogP contribution in [0.3, 0.4) is 0 Å². The number of carbonyl (C=O) groups excluding carboxylic acids is 3. The number of ether oxygens (including phenoxy) is 2. The summed E-state index contributed by atoms with van der Waals surface area (Å²) in [6.45, 7) is 3.58. The molecule has 2 amide bonds. The van der Waals surface area contributed by atoms with Crippen LogP contribution in [0.25, 0.3) is 0 Å². The van der Waals surface area contributed by atoms with Gasteiger partial charge in [0, 0.05) is 35.7 Å². The molecule has 1 heterocycles. The van der Waals surface area contributed by atoms with Crippen molar-refractivity contribution < 1.29 is 34.1 Å². The Labute approximate surface area is 229 Å². The molecular weight excluding hydrogens is 500 g/mol. The normalized spacial score (nSPS) is 24.0. The number of nitrogens with one attached hydrogen (secondary N) is 1. The zero-order chi connectivity index (χ0) is 27.9. The van der Waals surface area contributed by atoms with Crippen LogP contribution in [0.2, 0.25) is 0 Å². The first kappa shape index (κ1) is 28.8. The Kier molecular flexibility index (Phi) is 9.80. The van der Waals surface area contributed by atoms with Crippen molar-refractivity contribution in [1.82, 2.24) is 10.2 Å². The Hall–Kier alpha value is -3.17. The highest BCUT2D eigenvalue weighted by Crippen LogP contribution is 2.51. The molecule has 39 heavy (non-hydrogen) atoms. The Morgan fingerprint density at radius 2 is 2.00 bits per heavy atom. The second kappa shape index (κ2) is 13.3. The van der Waals surface area contributed by atoms with Crippen LogP contribution in [0, 0.1) is 0 Å². The van der Waals surface area contributed by atoms with Crippen molar-refractivity contribution in [2.75, 3.05) is 20.3 Å².